The molecule has 1 aliphatic carbocycles. The molecule has 2 aliphatic heterocycles. The van der Waals surface area contributed by atoms with Crippen molar-refractivity contribution < 1.29 is 59.5 Å². The van der Waals surface area contributed by atoms with E-state index in [0.717, 1.165) is 13.4 Å². The molecule has 3 aliphatic rings. The quantitative estimate of drug-likeness (QED) is 0.218. The Balaban J connectivity index is 1.92. The van der Waals surface area contributed by atoms with Gasteiger partial charge in [-0.05, 0) is 6.92 Å². The maximum absolute atomic E-state index is 12.1. The van der Waals surface area contributed by atoms with E-state index >= 15 is 0 Å². The minimum Gasteiger partial charge on any atom is -0.471 e. The van der Waals surface area contributed by atoms with Gasteiger partial charge in [-0.2, -0.15) is 0 Å². The number of carbonyl (C=O) groups excluding carboxylic acids is 1. The van der Waals surface area contributed by atoms with E-state index in [1.807, 2.05) is 0 Å². The molecule has 0 amide bonds. The summed E-state index contributed by atoms with van der Waals surface area (Å²) in [5.41, 5.74) is -4.50. The average Bonchev–Trinajstić information content (AvgIpc) is 2.86. The molecule has 0 bridgehead atoms. The topological polar surface area (TPSA) is 196 Å². The lowest BCUT2D eigenvalue weighted by atomic mass is 9.76. The summed E-state index contributed by atoms with van der Waals surface area (Å²) in [7, 11) is 1.07. The number of ether oxygens (including phenoxy) is 4. The summed E-state index contributed by atoms with van der Waals surface area (Å²) < 4.78 is 20.7. The van der Waals surface area contributed by atoms with Crippen molar-refractivity contribution in [2.45, 2.75) is 67.6 Å². The fourth-order valence-electron chi connectivity index (χ4n) is 4.26. The van der Waals surface area contributed by atoms with Crippen LogP contribution < -0.4 is 0 Å². The second kappa shape index (κ2) is 7.72. The minimum absolute atomic E-state index is 0.333. The number of esters is 1. The van der Waals surface area contributed by atoms with E-state index in [2.05, 4.69) is 4.74 Å². The van der Waals surface area contributed by atoms with Gasteiger partial charge in [0.15, 0.2) is 6.29 Å². The minimum atomic E-state index is -2.30. The molecule has 12 nitrogen and oxygen atoms in total. The van der Waals surface area contributed by atoms with Gasteiger partial charge >= 0.3 is 5.97 Å². The van der Waals surface area contributed by atoms with Crippen LogP contribution in [0.4, 0.5) is 0 Å². The van der Waals surface area contributed by atoms with Gasteiger partial charge in [0.05, 0.1) is 31.3 Å². The highest BCUT2D eigenvalue weighted by Crippen LogP contribution is 2.52. The molecule has 2 heterocycles. The van der Waals surface area contributed by atoms with Crippen molar-refractivity contribution in [2.24, 2.45) is 5.92 Å². The first-order valence-electron chi connectivity index (χ1n) is 9.02. The van der Waals surface area contributed by atoms with Crippen molar-refractivity contribution in [3.8, 4) is 0 Å². The molecule has 1 saturated heterocycles. The highest BCUT2D eigenvalue weighted by Gasteiger charge is 2.68. The molecular weight excluding hydrogens is 396 g/mol. The van der Waals surface area contributed by atoms with E-state index < -0.39 is 78.4 Å². The van der Waals surface area contributed by atoms with Crippen molar-refractivity contribution in [3.63, 3.8) is 0 Å². The molecule has 166 valence electrons. The van der Waals surface area contributed by atoms with E-state index in [4.69, 9.17) is 14.2 Å². The Morgan fingerprint density at radius 2 is 1.83 bits per heavy atom. The predicted molar refractivity (Wildman–Crippen MR) is 89.5 cm³/mol. The van der Waals surface area contributed by atoms with Gasteiger partial charge in [-0.15, -0.1) is 0 Å². The molecule has 1 saturated carbocycles. The predicted octanol–water partition coefficient (Wildman–Crippen LogP) is -3.92. The third-order valence-corrected chi connectivity index (χ3v) is 5.80. The first-order chi connectivity index (χ1) is 13.5. The van der Waals surface area contributed by atoms with Gasteiger partial charge in [-0.1, -0.05) is 0 Å². The van der Waals surface area contributed by atoms with Gasteiger partial charge in [0.1, 0.15) is 41.9 Å². The molecule has 1 unspecified atom stereocenters. The monoisotopic (exact) mass is 422 g/mol. The summed E-state index contributed by atoms with van der Waals surface area (Å²) in [4.78, 5) is 12.1. The van der Waals surface area contributed by atoms with Crippen molar-refractivity contribution in [2.75, 3.05) is 13.7 Å². The van der Waals surface area contributed by atoms with Crippen LogP contribution in [0.15, 0.2) is 11.8 Å². The highest BCUT2D eigenvalue weighted by molar-refractivity contribution is 5.91. The summed E-state index contributed by atoms with van der Waals surface area (Å²) in [6.45, 7) is 0.610. The van der Waals surface area contributed by atoms with E-state index in [9.17, 15) is 40.5 Å². The summed E-state index contributed by atoms with van der Waals surface area (Å²) in [6.07, 6.45) is -10.6. The number of hydrogen-bond acceptors (Lipinski definition) is 12. The van der Waals surface area contributed by atoms with E-state index in [1.54, 1.807) is 0 Å². The largest absolute Gasteiger partial charge is 0.471 e. The maximum Gasteiger partial charge on any atom is 0.339 e. The normalized spacial score (nSPS) is 49.8. The van der Waals surface area contributed by atoms with Gasteiger partial charge in [-0.25, -0.2) is 4.79 Å². The molecule has 0 radical (unpaired) electrons. The van der Waals surface area contributed by atoms with Crippen LogP contribution in [-0.2, 0) is 23.7 Å². The molecule has 0 aromatic heterocycles. The second-order valence-electron chi connectivity index (χ2n) is 7.74. The van der Waals surface area contributed by atoms with Crippen LogP contribution in [0.1, 0.15) is 13.3 Å². The van der Waals surface area contributed by atoms with Gasteiger partial charge < -0.3 is 54.7 Å². The zero-order chi connectivity index (χ0) is 21.7. The molecule has 12 heteroatoms. The van der Waals surface area contributed by atoms with Crippen molar-refractivity contribution in [1.29, 1.82) is 0 Å². The van der Waals surface area contributed by atoms with Crippen molar-refractivity contribution in [3.05, 3.63) is 11.8 Å². The molecule has 0 aromatic rings. The van der Waals surface area contributed by atoms with Crippen LogP contribution in [0.25, 0.3) is 0 Å². The van der Waals surface area contributed by atoms with Crippen molar-refractivity contribution >= 4 is 5.97 Å². The van der Waals surface area contributed by atoms with Crippen LogP contribution in [0.5, 0.6) is 0 Å². The lowest BCUT2D eigenvalue weighted by Crippen LogP contribution is -2.63. The number of fused-ring (bicyclic) bond motifs is 1. The van der Waals surface area contributed by atoms with Crippen LogP contribution in [0.3, 0.4) is 0 Å². The number of methoxy groups -OCH3 is 1. The number of carbonyl (C=O) groups is 1. The molecule has 10 atom stereocenters. The molecule has 3 rings (SSSR count). The number of aliphatic hydroxyl groups is 7. The molecule has 29 heavy (non-hydrogen) atoms. The third-order valence-electron chi connectivity index (χ3n) is 5.80. The molecular formula is C17H26O12. The maximum atomic E-state index is 12.1. The Bertz CT molecular complexity index is 663. The summed E-state index contributed by atoms with van der Waals surface area (Å²) in [5, 5.41) is 71.5. The smallest absolute Gasteiger partial charge is 0.339 e. The molecule has 0 spiro atoms. The van der Waals surface area contributed by atoms with E-state index in [-0.39, 0.29) is 6.42 Å². The Labute approximate surface area is 165 Å². The fourth-order valence-corrected chi connectivity index (χ4v) is 4.26. The van der Waals surface area contributed by atoms with Crippen LogP contribution >= 0.6 is 0 Å². The highest BCUT2D eigenvalue weighted by atomic mass is 16.8. The first kappa shape index (κ1) is 22.3. The van der Waals surface area contributed by atoms with Crippen LogP contribution in [-0.4, -0.2) is 110 Å². The van der Waals surface area contributed by atoms with Gasteiger partial charge in [0.2, 0.25) is 6.29 Å². The lowest BCUT2D eigenvalue weighted by Gasteiger charge is -2.46. The van der Waals surface area contributed by atoms with Gasteiger partial charge in [-0.3, -0.25) is 0 Å². The Morgan fingerprint density at radius 3 is 2.41 bits per heavy atom. The second-order valence-corrected chi connectivity index (χ2v) is 7.74. The third kappa shape index (κ3) is 3.44. The number of hydrogen-bond donors (Lipinski definition) is 7. The zero-order valence-corrected chi connectivity index (χ0v) is 15.8. The van der Waals surface area contributed by atoms with Crippen LogP contribution in [0.2, 0.25) is 0 Å². The fraction of sp³-hybridized carbons (Fsp3) is 0.824. The first-order valence-corrected chi connectivity index (χ1v) is 9.02. The Hall–Kier alpha value is -1.35. The summed E-state index contributed by atoms with van der Waals surface area (Å²) in [6, 6.07) is 0. The lowest BCUT2D eigenvalue weighted by molar-refractivity contribution is -0.352. The Morgan fingerprint density at radius 1 is 1.17 bits per heavy atom. The summed E-state index contributed by atoms with van der Waals surface area (Å²) in [5.74, 6) is -2.41. The van der Waals surface area contributed by atoms with Gasteiger partial charge in [0, 0.05) is 6.42 Å². The number of aliphatic hydroxyl groups excluding tert-OH is 5. The van der Waals surface area contributed by atoms with Gasteiger partial charge in [0.25, 0.3) is 0 Å². The SMILES string of the molecule is COC(=O)C1=CO[C@@H](O[C@@H]2O[C@H](CO)[C@@H](O)[C@H](O)[C@H]2O)C2[C@@](C)(O)C[C@@H](O)[C@@]12O. The van der Waals surface area contributed by atoms with E-state index in [0.29, 0.717) is 0 Å². The Kier molecular flexibility index (Phi) is 5.95. The standard InChI is InChI=1S/C17H26O12/c1-16(24)3-8(19)17(25)6(13(23)26-2)5-27-15(12(16)17)29-14-11(22)10(21)9(20)7(4-18)28-14/h5,7-12,14-15,18-22,24-25H,3-4H2,1-2H3/t7-,8-,9-,10+,11-,12?,14+,15+,16+,17+/m1/s1. The zero-order valence-electron chi connectivity index (χ0n) is 15.8. The van der Waals surface area contributed by atoms with Crippen molar-refractivity contribution in [1.82, 2.24) is 0 Å². The number of rotatable bonds is 4. The van der Waals surface area contributed by atoms with E-state index in [1.165, 1.54) is 6.92 Å². The molecule has 2 fully saturated rings. The molecule has 7 N–H and O–H groups in total. The summed E-state index contributed by atoms with van der Waals surface area (Å²) >= 11 is 0. The average molecular weight is 422 g/mol. The molecule has 0 aromatic carbocycles. The van der Waals surface area contributed by atoms with Crippen LogP contribution in [0, 0.1) is 5.92 Å².